The van der Waals surface area contributed by atoms with E-state index in [2.05, 4.69) is 0 Å². The minimum Gasteiger partial charge on any atom is -0.449 e. The van der Waals surface area contributed by atoms with Crippen LogP contribution in [0, 0.1) is 63.7 Å². The molecule has 0 atom stereocenters. The fourth-order valence-electron chi connectivity index (χ4n) is 3.02. The molecular formula is C28H35FeN3O4S+2. The van der Waals surface area contributed by atoms with Gasteiger partial charge in [0.25, 0.3) is 11.8 Å². The molecular weight excluding hydrogens is 530 g/mol. The van der Waals surface area contributed by atoms with Crippen molar-refractivity contribution in [2.24, 2.45) is 0 Å². The molecule has 10 radical (unpaired) electrons. The molecule has 1 aromatic carbocycles. The van der Waals surface area contributed by atoms with Crippen molar-refractivity contribution in [3.8, 4) is 0 Å². The summed E-state index contributed by atoms with van der Waals surface area (Å²) in [6, 6.07) is 8.74. The largest absolute Gasteiger partial charge is 2.00 e. The Morgan fingerprint density at radius 3 is 1.89 bits per heavy atom. The van der Waals surface area contributed by atoms with Gasteiger partial charge in [-0.25, -0.2) is 14.1 Å². The van der Waals surface area contributed by atoms with E-state index < -0.39 is 17.5 Å². The number of unbranched alkanes of at least 4 members (excludes halogenated alkanes) is 1. The van der Waals surface area contributed by atoms with Crippen LogP contribution in [0.4, 0.5) is 4.79 Å². The number of nitrogens with zero attached hydrogens (tertiary/aromatic N) is 3. The topological polar surface area (TPSA) is 70.2 Å². The monoisotopic (exact) mass is 565 g/mol. The summed E-state index contributed by atoms with van der Waals surface area (Å²) >= 11 is 0.823. The Labute approximate surface area is 238 Å². The first-order valence-corrected chi connectivity index (χ1v) is 12.6. The van der Waals surface area contributed by atoms with Gasteiger partial charge >= 0.3 is 23.2 Å². The molecule has 1 aromatic rings. The minimum absolute atomic E-state index is 0. The van der Waals surface area contributed by atoms with Gasteiger partial charge in [-0.15, -0.1) is 0 Å². The number of amides is 3. The number of ether oxygens (including phenoxy) is 1. The first kappa shape index (κ1) is 33.3. The Morgan fingerprint density at radius 1 is 0.865 bits per heavy atom. The molecule has 198 valence electrons. The zero-order valence-electron chi connectivity index (χ0n) is 21.9. The maximum absolute atomic E-state index is 13.5. The van der Waals surface area contributed by atoms with Crippen molar-refractivity contribution >= 4 is 30.0 Å². The van der Waals surface area contributed by atoms with Crippen molar-refractivity contribution < 1.29 is 36.2 Å². The Balaban J connectivity index is 0.00000102. The Kier molecular flexibility index (Phi) is 15.3. The van der Waals surface area contributed by atoms with Gasteiger partial charge in [-0.1, -0.05) is 31.5 Å². The van der Waals surface area contributed by atoms with Crippen LogP contribution in [-0.2, 0) is 26.6 Å². The summed E-state index contributed by atoms with van der Waals surface area (Å²) in [7, 11) is 1.51. The fraction of sp³-hybridized carbons (Fsp3) is 0.321. The van der Waals surface area contributed by atoms with Gasteiger partial charge in [-0.2, -0.15) is 4.41 Å². The molecule has 2 fully saturated rings. The van der Waals surface area contributed by atoms with E-state index in [4.69, 9.17) is 4.74 Å². The molecule has 0 unspecified atom stereocenters. The van der Waals surface area contributed by atoms with Gasteiger partial charge in [-0.3, -0.25) is 9.59 Å². The number of carbonyl (C=O) groups is 3. The van der Waals surface area contributed by atoms with E-state index >= 15 is 0 Å². The van der Waals surface area contributed by atoms with E-state index in [1.165, 1.54) is 20.8 Å². The van der Waals surface area contributed by atoms with Crippen LogP contribution in [0.3, 0.4) is 0 Å². The van der Waals surface area contributed by atoms with Gasteiger partial charge in [0.15, 0.2) is 0 Å². The molecule has 2 aliphatic rings. The van der Waals surface area contributed by atoms with E-state index in [1.54, 1.807) is 49.9 Å². The van der Waals surface area contributed by atoms with Crippen LogP contribution in [0.5, 0.6) is 0 Å². The number of hydrogen-bond donors (Lipinski definition) is 0. The SMILES string of the molecule is CCCCOC(=O)N(C)SN(C(=O)[C]1[CH][CH][CH][CH]1)N(C(=O)c1ccccc1)C(C)(C)C.[CH]1[CH][CH][CH][CH]1.[Fe+2]. The van der Waals surface area contributed by atoms with Crippen LogP contribution in [0.25, 0.3) is 0 Å². The summed E-state index contributed by atoms with van der Waals surface area (Å²) in [4.78, 5) is 39.3. The van der Waals surface area contributed by atoms with Crippen LogP contribution < -0.4 is 0 Å². The summed E-state index contributed by atoms with van der Waals surface area (Å²) in [5.41, 5.74) is -0.318. The molecule has 0 N–H and O–H groups in total. The number of carbonyl (C=O) groups excluding carboxylic acids is 3. The maximum Gasteiger partial charge on any atom is 2.00 e. The van der Waals surface area contributed by atoms with Crippen molar-refractivity contribution in [1.82, 2.24) is 13.7 Å². The molecule has 0 spiro atoms. The van der Waals surface area contributed by atoms with Gasteiger partial charge < -0.3 is 4.74 Å². The average Bonchev–Trinajstić information content (AvgIpc) is 3.60. The van der Waals surface area contributed by atoms with E-state index in [-0.39, 0.29) is 23.0 Å². The number of rotatable bonds is 7. The maximum atomic E-state index is 13.5. The average molecular weight is 566 g/mol. The molecule has 0 aliphatic heterocycles. The smallest absolute Gasteiger partial charge is 0.449 e. The Morgan fingerprint density at radius 2 is 1.41 bits per heavy atom. The van der Waals surface area contributed by atoms with Crippen molar-refractivity contribution in [2.45, 2.75) is 46.1 Å². The quantitative estimate of drug-likeness (QED) is 0.188. The van der Waals surface area contributed by atoms with Gasteiger partial charge in [0.1, 0.15) is 12.1 Å². The van der Waals surface area contributed by atoms with E-state index in [0.29, 0.717) is 18.1 Å². The summed E-state index contributed by atoms with van der Waals surface area (Å²) in [6.07, 6.45) is 17.9. The molecule has 2 aliphatic carbocycles. The third-order valence-corrected chi connectivity index (χ3v) is 5.73. The van der Waals surface area contributed by atoms with Crippen LogP contribution in [0.2, 0.25) is 0 Å². The van der Waals surface area contributed by atoms with Crippen LogP contribution in [0.1, 0.15) is 50.9 Å². The van der Waals surface area contributed by atoms with Crippen LogP contribution in [0.15, 0.2) is 30.3 Å². The molecule has 0 heterocycles. The van der Waals surface area contributed by atoms with Gasteiger partial charge in [-0.05, 0) is 97.1 Å². The zero-order valence-corrected chi connectivity index (χ0v) is 23.9. The molecule has 0 bridgehead atoms. The Hall–Kier alpha value is -1.70. The molecule has 3 amide bonds. The predicted octanol–water partition coefficient (Wildman–Crippen LogP) is 5.53. The number of hydrogen-bond acceptors (Lipinski definition) is 5. The molecule has 0 aromatic heterocycles. The van der Waals surface area contributed by atoms with Gasteiger partial charge in [0.2, 0.25) is 0 Å². The number of benzene rings is 1. The first-order valence-electron chi connectivity index (χ1n) is 11.9. The van der Waals surface area contributed by atoms with Crippen molar-refractivity contribution in [3.63, 3.8) is 0 Å². The normalized spacial score (nSPS) is 15.2. The first-order chi connectivity index (χ1) is 17.2. The molecule has 0 saturated heterocycles. The molecule has 2 saturated carbocycles. The van der Waals surface area contributed by atoms with Crippen molar-refractivity contribution in [1.29, 1.82) is 0 Å². The molecule has 3 rings (SSSR count). The van der Waals surface area contributed by atoms with Gasteiger partial charge in [0, 0.05) is 12.6 Å². The second-order valence-electron chi connectivity index (χ2n) is 8.91. The molecule has 9 heteroatoms. The molecule has 7 nitrogen and oxygen atoms in total. The summed E-state index contributed by atoms with van der Waals surface area (Å²) < 4.78 is 7.69. The fourth-order valence-corrected chi connectivity index (χ4v) is 3.94. The summed E-state index contributed by atoms with van der Waals surface area (Å²) in [5.74, 6) is -0.356. The Bertz CT molecular complexity index is 817. The van der Waals surface area contributed by atoms with Crippen LogP contribution in [-0.4, -0.2) is 50.8 Å². The standard InChI is InChI=1S/C23H30N3O4S.C5H5.Fe/c1-6-7-17-30-22(29)24(5)31-26(21(28)19-15-11-12-16-19)25(23(2,3)4)20(27)18-13-9-8-10-14-18;1-2-4-5-3-1;/h8-16H,6-7,17H2,1-5H3;1-5H;/q;;+2. The van der Waals surface area contributed by atoms with Crippen LogP contribution >= 0.6 is 12.1 Å². The minimum atomic E-state index is -0.755. The van der Waals surface area contributed by atoms with E-state index in [0.717, 1.165) is 25.0 Å². The number of hydrazine groups is 1. The van der Waals surface area contributed by atoms with Crippen molar-refractivity contribution in [3.05, 3.63) is 99.6 Å². The third kappa shape index (κ3) is 10.9. The molecule has 37 heavy (non-hydrogen) atoms. The summed E-state index contributed by atoms with van der Waals surface area (Å²) in [6.45, 7) is 7.80. The zero-order chi connectivity index (χ0) is 26.6. The third-order valence-electron chi connectivity index (χ3n) is 4.85. The summed E-state index contributed by atoms with van der Waals surface area (Å²) in [5, 5.41) is 1.37. The van der Waals surface area contributed by atoms with E-state index in [9.17, 15) is 14.4 Å². The van der Waals surface area contributed by atoms with E-state index in [1.807, 2.05) is 65.9 Å². The predicted molar refractivity (Wildman–Crippen MR) is 143 cm³/mol. The second kappa shape index (κ2) is 17.0. The van der Waals surface area contributed by atoms with Crippen molar-refractivity contribution in [2.75, 3.05) is 13.7 Å². The van der Waals surface area contributed by atoms with Gasteiger partial charge in [0.05, 0.1) is 18.1 Å². The second-order valence-corrected chi connectivity index (χ2v) is 9.97.